The maximum Gasteiger partial charge on any atom is 0.255 e. The van der Waals surface area contributed by atoms with Gasteiger partial charge in [0.2, 0.25) is 0 Å². The molecule has 4 nitrogen and oxygen atoms in total. The Morgan fingerprint density at radius 2 is 1.59 bits per heavy atom. The van der Waals surface area contributed by atoms with E-state index in [0.717, 1.165) is 31.6 Å². The number of piperidine rings is 1. The smallest absolute Gasteiger partial charge is 0.255 e. The second-order valence-electron chi connectivity index (χ2n) is 8.25. The average Bonchev–Trinajstić information content (AvgIpc) is 2.68. The quantitative estimate of drug-likeness (QED) is 0.841. The summed E-state index contributed by atoms with van der Waals surface area (Å²) in [5, 5.41) is 2.99. The van der Waals surface area contributed by atoms with E-state index in [1.165, 1.54) is 11.3 Å². The zero-order chi connectivity index (χ0) is 19.4. The van der Waals surface area contributed by atoms with Crippen LogP contribution in [0.2, 0.25) is 0 Å². The molecule has 1 N–H and O–H groups in total. The van der Waals surface area contributed by atoms with E-state index in [9.17, 15) is 4.79 Å². The van der Waals surface area contributed by atoms with Gasteiger partial charge in [0.05, 0.1) is 6.10 Å². The maximum absolute atomic E-state index is 12.5. The lowest BCUT2D eigenvalue weighted by Gasteiger charge is -2.33. The van der Waals surface area contributed by atoms with Gasteiger partial charge in [0.1, 0.15) is 0 Å². The molecular weight excluding hydrogens is 336 g/mol. The molecular formula is C23H30N2O2. The van der Waals surface area contributed by atoms with Crippen molar-refractivity contribution in [2.75, 3.05) is 30.4 Å². The van der Waals surface area contributed by atoms with Crippen molar-refractivity contribution >= 4 is 17.3 Å². The SMILES string of the molecule is COC1CCN(c2ccc(NC(=O)c3ccc(C(C)(C)C)cc3)cc2)CC1. The Labute approximate surface area is 162 Å². The topological polar surface area (TPSA) is 41.6 Å². The number of carbonyl (C=O) groups is 1. The van der Waals surface area contributed by atoms with Crippen molar-refractivity contribution in [2.24, 2.45) is 0 Å². The fraction of sp³-hybridized carbons (Fsp3) is 0.435. The van der Waals surface area contributed by atoms with Crippen LogP contribution >= 0.6 is 0 Å². The molecule has 1 aliphatic rings. The van der Waals surface area contributed by atoms with Gasteiger partial charge in [-0.3, -0.25) is 4.79 Å². The summed E-state index contributed by atoms with van der Waals surface area (Å²) >= 11 is 0. The van der Waals surface area contributed by atoms with E-state index >= 15 is 0 Å². The summed E-state index contributed by atoms with van der Waals surface area (Å²) in [5.41, 5.74) is 3.99. The van der Waals surface area contributed by atoms with E-state index in [2.05, 4.69) is 43.1 Å². The van der Waals surface area contributed by atoms with Crippen molar-refractivity contribution in [1.82, 2.24) is 0 Å². The summed E-state index contributed by atoms with van der Waals surface area (Å²) < 4.78 is 5.43. The number of rotatable bonds is 4. The van der Waals surface area contributed by atoms with Crippen LogP contribution in [-0.2, 0) is 10.2 Å². The van der Waals surface area contributed by atoms with Gasteiger partial charge in [-0.1, -0.05) is 32.9 Å². The Kier molecular flexibility index (Phi) is 5.85. The molecule has 1 heterocycles. The number of amides is 1. The molecule has 144 valence electrons. The van der Waals surface area contributed by atoms with Crippen LogP contribution in [-0.4, -0.2) is 32.2 Å². The normalized spacial score (nSPS) is 15.6. The van der Waals surface area contributed by atoms with Crippen LogP contribution in [0.1, 0.15) is 49.5 Å². The molecule has 1 fully saturated rings. The average molecular weight is 367 g/mol. The number of hydrogen-bond acceptors (Lipinski definition) is 3. The molecule has 0 bridgehead atoms. The van der Waals surface area contributed by atoms with Gasteiger partial charge < -0.3 is 15.0 Å². The van der Waals surface area contributed by atoms with Crippen LogP contribution in [0, 0.1) is 0 Å². The molecule has 2 aromatic carbocycles. The maximum atomic E-state index is 12.5. The van der Waals surface area contributed by atoms with Crippen LogP contribution in [0.15, 0.2) is 48.5 Å². The molecule has 0 unspecified atom stereocenters. The lowest BCUT2D eigenvalue weighted by atomic mass is 9.87. The molecule has 0 spiro atoms. The van der Waals surface area contributed by atoms with Crippen LogP contribution in [0.3, 0.4) is 0 Å². The zero-order valence-electron chi connectivity index (χ0n) is 16.8. The highest BCUT2D eigenvalue weighted by molar-refractivity contribution is 6.04. The van der Waals surface area contributed by atoms with E-state index < -0.39 is 0 Å². The number of carbonyl (C=O) groups excluding carboxylic acids is 1. The number of hydrogen-bond donors (Lipinski definition) is 1. The Morgan fingerprint density at radius 1 is 1.00 bits per heavy atom. The molecule has 3 rings (SSSR count). The summed E-state index contributed by atoms with van der Waals surface area (Å²) in [5.74, 6) is -0.0795. The molecule has 1 amide bonds. The summed E-state index contributed by atoms with van der Waals surface area (Å²) in [7, 11) is 1.79. The molecule has 0 radical (unpaired) electrons. The first-order valence-electron chi connectivity index (χ1n) is 9.66. The first-order valence-corrected chi connectivity index (χ1v) is 9.66. The van der Waals surface area contributed by atoms with Gasteiger partial charge in [-0.15, -0.1) is 0 Å². The fourth-order valence-electron chi connectivity index (χ4n) is 3.43. The molecule has 1 aliphatic heterocycles. The summed E-state index contributed by atoms with van der Waals surface area (Å²) in [4.78, 5) is 14.9. The molecule has 27 heavy (non-hydrogen) atoms. The summed E-state index contributed by atoms with van der Waals surface area (Å²) in [6.07, 6.45) is 2.49. The first kappa shape index (κ1) is 19.4. The number of nitrogens with zero attached hydrogens (tertiary/aromatic N) is 1. The minimum absolute atomic E-state index is 0.0795. The van der Waals surface area contributed by atoms with Crippen molar-refractivity contribution in [3.63, 3.8) is 0 Å². The van der Waals surface area contributed by atoms with Gasteiger partial charge in [0, 0.05) is 37.1 Å². The number of benzene rings is 2. The molecule has 4 heteroatoms. The van der Waals surface area contributed by atoms with Crippen LogP contribution in [0.5, 0.6) is 0 Å². The van der Waals surface area contributed by atoms with Gasteiger partial charge in [-0.05, 0) is 60.2 Å². The van der Waals surface area contributed by atoms with E-state index in [4.69, 9.17) is 4.74 Å². The minimum Gasteiger partial charge on any atom is -0.381 e. The summed E-state index contributed by atoms with van der Waals surface area (Å²) in [6, 6.07) is 15.9. The fourth-order valence-corrected chi connectivity index (χ4v) is 3.43. The number of nitrogens with one attached hydrogen (secondary N) is 1. The lowest BCUT2D eigenvalue weighted by Crippen LogP contribution is -2.36. The highest BCUT2D eigenvalue weighted by Crippen LogP contribution is 2.24. The number of methoxy groups -OCH3 is 1. The van der Waals surface area contributed by atoms with Gasteiger partial charge in [0.15, 0.2) is 0 Å². The van der Waals surface area contributed by atoms with Crippen LogP contribution in [0.25, 0.3) is 0 Å². The number of anilines is 2. The molecule has 0 aromatic heterocycles. The second kappa shape index (κ2) is 8.13. The van der Waals surface area contributed by atoms with Crippen molar-refractivity contribution in [2.45, 2.75) is 45.1 Å². The van der Waals surface area contributed by atoms with E-state index in [1.54, 1.807) is 7.11 Å². The predicted octanol–water partition coefficient (Wildman–Crippen LogP) is 4.85. The zero-order valence-corrected chi connectivity index (χ0v) is 16.8. The van der Waals surface area contributed by atoms with Crippen molar-refractivity contribution in [1.29, 1.82) is 0 Å². The van der Waals surface area contributed by atoms with E-state index in [1.807, 2.05) is 36.4 Å². The third kappa shape index (κ3) is 4.89. The minimum atomic E-state index is -0.0795. The largest absolute Gasteiger partial charge is 0.381 e. The lowest BCUT2D eigenvalue weighted by molar-refractivity contribution is 0.0819. The molecule has 0 saturated carbocycles. The van der Waals surface area contributed by atoms with Crippen molar-refractivity contribution in [3.05, 3.63) is 59.7 Å². The van der Waals surface area contributed by atoms with Gasteiger partial charge in [0.25, 0.3) is 5.91 Å². The predicted molar refractivity (Wildman–Crippen MR) is 112 cm³/mol. The van der Waals surface area contributed by atoms with Crippen molar-refractivity contribution in [3.8, 4) is 0 Å². The Bertz CT molecular complexity index is 752. The van der Waals surface area contributed by atoms with Crippen molar-refractivity contribution < 1.29 is 9.53 Å². The molecule has 0 atom stereocenters. The highest BCUT2D eigenvalue weighted by atomic mass is 16.5. The molecule has 0 aliphatic carbocycles. The highest BCUT2D eigenvalue weighted by Gasteiger charge is 2.19. The third-order valence-corrected chi connectivity index (χ3v) is 5.28. The Morgan fingerprint density at radius 3 is 2.11 bits per heavy atom. The first-order chi connectivity index (χ1) is 12.9. The molecule has 2 aromatic rings. The standard InChI is InChI=1S/C23H30N2O2/c1-23(2,3)18-7-5-17(6-8-18)22(26)24-19-9-11-20(12-10-19)25-15-13-21(27-4)14-16-25/h5-12,21H,13-16H2,1-4H3,(H,24,26). The third-order valence-electron chi connectivity index (χ3n) is 5.28. The van der Waals surface area contributed by atoms with Gasteiger partial charge >= 0.3 is 0 Å². The monoisotopic (exact) mass is 366 g/mol. The van der Waals surface area contributed by atoms with E-state index in [-0.39, 0.29) is 11.3 Å². The van der Waals surface area contributed by atoms with Crippen LogP contribution in [0.4, 0.5) is 11.4 Å². The second-order valence-corrected chi connectivity index (χ2v) is 8.25. The van der Waals surface area contributed by atoms with E-state index in [0.29, 0.717) is 11.7 Å². The summed E-state index contributed by atoms with van der Waals surface area (Å²) in [6.45, 7) is 8.51. The van der Waals surface area contributed by atoms with Gasteiger partial charge in [-0.25, -0.2) is 0 Å². The Hall–Kier alpha value is -2.33. The molecule has 1 saturated heterocycles. The number of ether oxygens (including phenoxy) is 1. The van der Waals surface area contributed by atoms with Crippen LogP contribution < -0.4 is 10.2 Å². The Balaban J connectivity index is 1.60. The van der Waals surface area contributed by atoms with Gasteiger partial charge in [-0.2, -0.15) is 0 Å².